The van der Waals surface area contributed by atoms with Crippen molar-refractivity contribution in [2.75, 3.05) is 5.32 Å². The lowest BCUT2D eigenvalue weighted by Crippen LogP contribution is -2.43. The maximum Gasteiger partial charge on any atom is 0.244 e. The van der Waals surface area contributed by atoms with Crippen molar-refractivity contribution in [3.63, 3.8) is 0 Å². The molecule has 0 fully saturated rings. The molecular formula is C15H19ClN4O3S2. The molecule has 1 atom stereocenters. The number of rotatable bonds is 8. The highest BCUT2D eigenvalue weighted by Crippen LogP contribution is 2.18. The summed E-state index contributed by atoms with van der Waals surface area (Å²) in [7, 11) is -3.83. The van der Waals surface area contributed by atoms with Crippen molar-refractivity contribution in [1.82, 2.24) is 14.9 Å². The molecule has 0 radical (unpaired) electrons. The van der Waals surface area contributed by atoms with Crippen molar-refractivity contribution >= 4 is 44.0 Å². The van der Waals surface area contributed by atoms with Gasteiger partial charge in [-0.25, -0.2) is 8.42 Å². The number of aromatic nitrogens is 2. The molecular weight excluding hydrogens is 384 g/mol. The second-order valence-electron chi connectivity index (χ2n) is 5.28. The van der Waals surface area contributed by atoms with Crippen LogP contribution in [0, 0.1) is 0 Å². The van der Waals surface area contributed by atoms with E-state index in [9.17, 15) is 13.2 Å². The Kier molecular flexibility index (Phi) is 6.88. The summed E-state index contributed by atoms with van der Waals surface area (Å²) in [6.07, 6.45) is 2.01. The molecule has 0 saturated carbocycles. The van der Waals surface area contributed by atoms with Gasteiger partial charge in [0.15, 0.2) is 0 Å². The third kappa shape index (κ3) is 5.46. The normalized spacial score (nSPS) is 12.8. The molecule has 0 saturated heterocycles. The van der Waals surface area contributed by atoms with Gasteiger partial charge in [0.05, 0.1) is 4.90 Å². The first-order chi connectivity index (χ1) is 11.9. The van der Waals surface area contributed by atoms with Crippen LogP contribution in [0.4, 0.5) is 5.13 Å². The van der Waals surface area contributed by atoms with Crippen LogP contribution >= 0.6 is 22.9 Å². The Morgan fingerprint density at radius 3 is 2.52 bits per heavy atom. The molecule has 1 heterocycles. The monoisotopic (exact) mass is 402 g/mol. The molecule has 0 spiro atoms. The highest BCUT2D eigenvalue weighted by atomic mass is 35.5. The number of carbonyl (C=O) groups excluding carboxylic acids is 1. The molecule has 1 unspecified atom stereocenters. The number of benzene rings is 1. The standard InChI is InChI=1S/C15H19ClN4O3S2/c1-3-5-13-18-19-15(24-13)17-14(21)12(4-2)20-25(22,23)11-8-6-10(16)7-9-11/h6-9,12,20H,3-5H2,1-2H3,(H,17,19,21). The summed E-state index contributed by atoms with van der Waals surface area (Å²) in [5.74, 6) is -0.473. The molecule has 1 amide bonds. The van der Waals surface area contributed by atoms with Crippen molar-refractivity contribution in [1.29, 1.82) is 0 Å². The molecule has 136 valence electrons. The van der Waals surface area contributed by atoms with Crippen LogP contribution in [0.25, 0.3) is 0 Å². The average Bonchev–Trinajstić information content (AvgIpc) is 3.00. The number of hydrogen-bond donors (Lipinski definition) is 2. The number of amides is 1. The van der Waals surface area contributed by atoms with Gasteiger partial charge in [-0.2, -0.15) is 4.72 Å². The number of halogens is 1. The summed E-state index contributed by atoms with van der Waals surface area (Å²) in [4.78, 5) is 12.4. The number of carbonyl (C=O) groups is 1. The number of nitrogens with zero attached hydrogens (tertiary/aromatic N) is 2. The molecule has 1 aromatic heterocycles. The number of hydrogen-bond acceptors (Lipinski definition) is 6. The summed E-state index contributed by atoms with van der Waals surface area (Å²) in [5, 5.41) is 12.1. The lowest BCUT2D eigenvalue weighted by Gasteiger charge is -2.16. The van der Waals surface area contributed by atoms with Crippen LogP contribution in [-0.4, -0.2) is 30.6 Å². The zero-order chi connectivity index (χ0) is 18.4. The molecule has 2 aromatic rings. The number of nitrogens with one attached hydrogen (secondary N) is 2. The zero-order valence-corrected chi connectivity index (χ0v) is 16.2. The first-order valence-corrected chi connectivity index (χ1v) is 10.4. The topological polar surface area (TPSA) is 101 Å². The molecule has 7 nitrogen and oxygen atoms in total. The first kappa shape index (κ1) is 19.8. The summed E-state index contributed by atoms with van der Waals surface area (Å²) in [6.45, 7) is 3.75. The maximum atomic E-state index is 12.4. The van der Waals surface area contributed by atoms with E-state index in [1.54, 1.807) is 6.92 Å². The van der Waals surface area contributed by atoms with Crippen molar-refractivity contribution in [2.45, 2.75) is 44.0 Å². The van der Waals surface area contributed by atoms with Crippen LogP contribution in [-0.2, 0) is 21.2 Å². The highest BCUT2D eigenvalue weighted by Gasteiger charge is 2.25. The molecule has 1 aromatic carbocycles. The predicted octanol–water partition coefficient (Wildman–Crippen LogP) is 2.84. The van der Waals surface area contributed by atoms with Crippen molar-refractivity contribution in [3.8, 4) is 0 Å². The second-order valence-corrected chi connectivity index (χ2v) is 8.49. The predicted molar refractivity (Wildman–Crippen MR) is 98.4 cm³/mol. The summed E-state index contributed by atoms with van der Waals surface area (Å²) < 4.78 is 27.2. The molecule has 0 bridgehead atoms. The zero-order valence-electron chi connectivity index (χ0n) is 13.8. The van der Waals surface area contributed by atoms with Crippen LogP contribution in [0.15, 0.2) is 29.2 Å². The Bertz CT molecular complexity index is 822. The average molecular weight is 403 g/mol. The van der Waals surface area contributed by atoms with E-state index in [1.807, 2.05) is 6.92 Å². The molecule has 0 aliphatic heterocycles. The lowest BCUT2D eigenvalue weighted by atomic mass is 10.2. The van der Waals surface area contributed by atoms with E-state index in [2.05, 4.69) is 20.2 Å². The number of aryl methyl sites for hydroxylation is 1. The van der Waals surface area contributed by atoms with Gasteiger partial charge in [-0.05, 0) is 37.1 Å². The maximum absolute atomic E-state index is 12.4. The first-order valence-electron chi connectivity index (χ1n) is 7.76. The van der Waals surface area contributed by atoms with Crippen LogP contribution in [0.1, 0.15) is 31.7 Å². The van der Waals surface area contributed by atoms with Gasteiger partial charge in [0, 0.05) is 11.4 Å². The quantitative estimate of drug-likeness (QED) is 0.706. The van der Waals surface area contributed by atoms with E-state index in [0.717, 1.165) is 17.8 Å². The van der Waals surface area contributed by atoms with Gasteiger partial charge in [0.1, 0.15) is 11.0 Å². The fourth-order valence-corrected chi connectivity index (χ4v) is 4.25. The molecule has 0 aliphatic rings. The van der Waals surface area contributed by atoms with E-state index in [0.29, 0.717) is 16.6 Å². The van der Waals surface area contributed by atoms with Gasteiger partial charge < -0.3 is 0 Å². The van der Waals surface area contributed by atoms with Gasteiger partial charge in [-0.1, -0.05) is 36.8 Å². The Morgan fingerprint density at radius 2 is 1.92 bits per heavy atom. The Morgan fingerprint density at radius 1 is 1.24 bits per heavy atom. The lowest BCUT2D eigenvalue weighted by molar-refractivity contribution is -0.117. The van der Waals surface area contributed by atoms with E-state index in [1.165, 1.54) is 35.6 Å². The highest BCUT2D eigenvalue weighted by molar-refractivity contribution is 7.89. The van der Waals surface area contributed by atoms with Gasteiger partial charge in [0.25, 0.3) is 0 Å². The molecule has 2 rings (SSSR count). The number of sulfonamides is 1. The number of anilines is 1. The third-order valence-corrected chi connectivity index (χ3v) is 5.94. The van der Waals surface area contributed by atoms with Crippen LogP contribution < -0.4 is 10.0 Å². The fourth-order valence-electron chi connectivity index (χ4n) is 2.00. The minimum Gasteiger partial charge on any atom is -0.299 e. The second kappa shape index (κ2) is 8.70. The fraction of sp³-hybridized carbons (Fsp3) is 0.400. The van der Waals surface area contributed by atoms with Crippen LogP contribution in [0.3, 0.4) is 0 Å². The summed E-state index contributed by atoms with van der Waals surface area (Å²) >= 11 is 7.05. The van der Waals surface area contributed by atoms with Gasteiger partial charge in [-0.15, -0.1) is 10.2 Å². The van der Waals surface area contributed by atoms with Gasteiger partial charge in [-0.3, -0.25) is 10.1 Å². The molecule has 25 heavy (non-hydrogen) atoms. The SMILES string of the molecule is CCCc1nnc(NC(=O)C(CC)NS(=O)(=O)c2ccc(Cl)cc2)s1. The third-order valence-electron chi connectivity index (χ3n) is 3.31. The van der Waals surface area contributed by atoms with Crippen LogP contribution in [0.5, 0.6) is 0 Å². The van der Waals surface area contributed by atoms with E-state index < -0.39 is 22.0 Å². The minimum atomic E-state index is -3.83. The van der Waals surface area contributed by atoms with E-state index >= 15 is 0 Å². The Balaban J connectivity index is 2.07. The van der Waals surface area contributed by atoms with Gasteiger partial charge >= 0.3 is 0 Å². The Labute approximate surface area is 155 Å². The largest absolute Gasteiger partial charge is 0.299 e. The van der Waals surface area contributed by atoms with Crippen molar-refractivity contribution < 1.29 is 13.2 Å². The minimum absolute atomic E-state index is 0.0456. The smallest absolute Gasteiger partial charge is 0.244 e. The molecule has 10 heteroatoms. The molecule has 0 aliphatic carbocycles. The molecule has 2 N–H and O–H groups in total. The summed E-state index contributed by atoms with van der Waals surface area (Å²) in [6, 6.07) is 4.81. The summed E-state index contributed by atoms with van der Waals surface area (Å²) in [5.41, 5.74) is 0. The van der Waals surface area contributed by atoms with E-state index in [4.69, 9.17) is 11.6 Å². The Hall–Kier alpha value is -1.55. The van der Waals surface area contributed by atoms with Crippen molar-refractivity contribution in [2.24, 2.45) is 0 Å². The van der Waals surface area contributed by atoms with E-state index in [-0.39, 0.29) is 4.90 Å². The van der Waals surface area contributed by atoms with Gasteiger partial charge in [0.2, 0.25) is 21.1 Å². The van der Waals surface area contributed by atoms with Crippen LogP contribution in [0.2, 0.25) is 5.02 Å². The van der Waals surface area contributed by atoms with Crippen molar-refractivity contribution in [3.05, 3.63) is 34.3 Å².